The van der Waals surface area contributed by atoms with Crippen molar-refractivity contribution in [3.63, 3.8) is 0 Å². The molecule has 2 aromatic heterocycles. The summed E-state index contributed by atoms with van der Waals surface area (Å²) in [5.74, 6) is 1.93. The molecular weight excluding hydrogens is 649 g/mol. The number of para-hydroxylation sites is 1. The Hall–Kier alpha value is -2.89. The number of pyridine rings is 1. The fourth-order valence-electron chi connectivity index (χ4n) is 6.24. The van der Waals surface area contributed by atoms with Crippen molar-refractivity contribution in [1.82, 2.24) is 19.9 Å². The number of amides is 1. The molecule has 0 fully saturated rings. The first kappa shape index (κ1) is 41.5. The highest BCUT2D eigenvalue weighted by Crippen LogP contribution is 2.29. The number of fused-ring (bicyclic) bond motifs is 3. The van der Waals surface area contributed by atoms with Crippen LogP contribution in [0.2, 0.25) is 0 Å². The lowest BCUT2D eigenvalue weighted by molar-refractivity contribution is -0.143. The molecule has 1 amide bonds. The highest BCUT2D eigenvalue weighted by Gasteiger charge is 2.18. The normalized spacial score (nSPS) is 12.1. The molecule has 1 aromatic carbocycles. The van der Waals surface area contributed by atoms with Crippen LogP contribution in [0.5, 0.6) is 0 Å². The maximum atomic E-state index is 12.6. The number of nitrogen functional groups attached to an aromatic ring is 1. The van der Waals surface area contributed by atoms with Crippen LogP contribution < -0.4 is 16.8 Å². The summed E-state index contributed by atoms with van der Waals surface area (Å²) in [5.41, 5.74) is 14.8. The molecule has 0 spiro atoms. The molecule has 0 aliphatic heterocycles. The summed E-state index contributed by atoms with van der Waals surface area (Å²) in [5, 5.41) is 3.94. The van der Waals surface area contributed by atoms with Gasteiger partial charge in [0.15, 0.2) is 5.82 Å². The van der Waals surface area contributed by atoms with Crippen molar-refractivity contribution in [3.05, 3.63) is 30.1 Å². The van der Waals surface area contributed by atoms with Crippen LogP contribution in [-0.2, 0) is 32.2 Å². The van der Waals surface area contributed by atoms with E-state index in [2.05, 4.69) is 21.8 Å². The quantitative estimate of drug-likeness (QED) is 0.0480. The van der Waals surface area contributed by atoms with Gasteiger partial charge in [-0.15, -0.1) is 0 Å². The third-order valence-electron chi connectivity index (χ3n) is 9.09. The van der Waals surface area contributed by atoms with E-state index in [4.69, 9.17) is 25.9 Å². The maximum Gasteiger partial charge on any atom is 0.305 e. The van der Waals surface area contributed by atoms with Crippen molar-refractivity contribution in [2.24, 2.45) is 5.73 Å². The first-order valence-corrected chi connectivity index (χ1v) is 20.5. The second-order valence-corrected chi connectivity index (χ2v) is 14.4. The monoisotopic (exact) mass is 712 g/mol. The predicted octanol–water partition coefficient (Wildman–Crippen LogP) is 8.07. The van der Waals surface area contributed by atoms with E-state index in [1.807, 2.05) is 31.2 Å². The summed E-state index contributed by atoms with van der Waals surface area (Å²) in [7, 11) is 0. The van der Waals surface area contributed by atoms with Gasteiger partial charge in [0.1, 0.15) is 24.6 Å². The van der Waals surface area contributed by atoms with Crippen LogP contribution in [0.3, 0.4) is 0 Å². The molecule has 5 N–H and O–H groups in total. The predicted molar refractivity (Wildman–Crippen MR) is 208 cm³/mol. The maximum absolute atomic E-state index is 12.6. The number of nitrogens with one attached hydrogen (secondary N) is 1. The van der Waals surface area contributed by atoms with Gasteiger partial charge in [0, 0.05) is 43.0 Å². The number of nitrogens with zero attached hydrogens (tertiary/aromatic N) is 3. The Morgan fingerprint density at radius 1 is 0.880 bits per heavy atom. The zero-order valence-electron chi connectivity index (χ0n) is 30.9. The number of benzene rings is 1. The molecule has 10 nitrogen and oxygen atoms in total. The van der Waals surface area contributed by atoms with E-state index < -0.39 is 6.04 Å². The number of imidazole rings is 1. The Bertz CT molecular complexity index is 1400. The lowest BCUT2D eigenvalue weighted by Crippen LogP contribution is -2.42. The number of hydrogen-bond donors (Lipinski definition) is 3. The average molecular weight is 713 g/mol. The minimum Gasteiger partial charge on any atom is -0.465 e. The molecule has 0 saturated carbocycles. The number of unbranched alkanes of at least 4 members (excludes halogenated alkanes) is 14. The smallest absolute Gasteiger partial charge is 0.305 e. The number of ether oxygens (including phenoxy) is 2. The van der Waals surface area contributed by atoms with Gasteiger partial charge in [-0.3, -0.25) is 9.59 Å². The molecule has 0 aliphatic rings. The second kappa shape index (κ2) is 25.1. The summed E-state index contributed by atoms with van der Waals surface area (Å²) >= 11 is 1.52. The van der Waals surface area contributed by atoms with Crippen molar-refractivity contribution in [2.75, 3.05) is 37.0 Å². The topological polar surface area (TPSA) is 147 Å². The van der Waals surface area contributed by atoms with E-state index in [0.29, 0.717) is 68.6 Å². The Kier molecular flexibility index (Phi) is 20.9. The van der Waals surface area contributed by atoms with E-state index in [9.17, 15) is 9.59 Å². The largest absolute Gasteiger partial charge is 0.465 e. The van der Waals surface area contributed by atoms with E-state index >= 15 is 0 Å². The molecule has 50 heavy (non-hydrogen) atoms. The molecule has 280 valence electrons. The number of esters is 1. The number of thioether (sulfide) groups is 1. The SMILES string of the molecule is CCCCCCCCCCCCCCCCCC(=O)OCCSCC(N)C(=O)NCCCn1c(COCC)nc2c(N)nc3ccccc3c21. The molecule has 0 aliphatic carbocycles. The van der Waals surface area contributed by atoms with Gasteiger partial charge in [-0.1, -0.05) is 115 Å². The number of rotatable bonds is 29. The van der Waals surface area contributed by atoms with Crippen molar-refractivity contribution in [1.29, 1.82) is 0 Å². The van der Waals surface area contributed by atoms with Crippen molar-refractivity contribution < 1.29 is 19.1 Å². The molecule has 0 saturated heterocycles. The van der Waals surface area contributed by atoms with Gasteiger partial charge in [-0.25, -0.2) is 9.97 Å². The molecule has 3 aromatic rings. The van der Waals surface area contributed by atoms with Crippen LogP contribution in [0.1, 0.15) is 129 Å². The molecule has 0 bridgehead atoms. The fourth-order valence-corrected chi connectivity index (χ4v) is 7.02. The first-order chi connectivity index (χ1) is 24.5. The van der Waals surface area contributed by atoms with Crippen LogP contribution in [-0.4, -0.2) is 63.7 Å². The van der Waals surface area contributed by atoms with Gasteiger partial charge in [-0.2, -0.15) is 11.8 Å². The van der Waals surface area contributed by atoms with Crippen LogP contribution >= 0.6 is 11.8 Å². The van der Waals surface area contributed by atoms with E-state index in [0.717, 1.165) is 35.1 Å². The summed E-state index contributed by atoms with van der Waals surface area (Å²) in [4.78, 5) is 34.0. The van der Waals surface area contributed by atoms with Crippen LogP contribution in [0.15, 0.2) is 24.3 Å². The third-order valence-corrected chi connectivity index (χ3v) is 10.1. The molecule has 2 heterocycles. The molecular formula is C39H64N6O4S. The number of anilines is 1. The second-order valence-electron chi connectivity index (χ2n) is 13.3. The zero-order valence-corrected chi connectivity index (χ0v) is 31.7. The van der Waals surface area contributed by atoms with Crippen molar-refractivity contribution >= 4 is 51.4 Å². The van der Waals surface area contributed by atoms with E-state index in [1.165, 1.54) is 95.2 Å². The minimum atomic E-state index is -0.631. The third kappa shape index (κ3) is 15.2. The standard InChI is InChI=1S/C39H64N6O4S/c1-3-5-6-7-8-9-10-11-12-13-14-15-16-17-18-24-35(46)49-27-28-50-30-32(40)39(47)42-25-21-26-45-34(29-48-4-2)44-36-37(45)31-22-19-20-23-33(31)43-38(36)41/h19-20,22-23,32H,3-18,21,24-30,40H2,1-2H3,(H2,41,43)(H,42,47). The number of aromatic nitrogens is 3. The highest BCUT2D eigenvalue weighted by molar-refractivity contribution is 7.99. The van der Waals surface area contributed by atoms with Gasteiger partial charge in [0.2, 0.25) is 5.91 Å². The first-order valence-electron chi connectivity index (χ1n) is 19.3. The van der Waals surface area contributed by atoms with Gasteiger partial charge in [0.25, 0.3) is 0 Å². The zero-order chi connectivity index (χ0) is 35.8. The lowest BCUT2D eigenvalue weighted by Gasteiger charge is -2.14. The minimum absolute atomic E-state index is 0.135. The van der Waals surface area contributed by atoms with Crippen LogP contribution in [0.25, 0.3) is 21.9 Å². The fraction of sp³-hybridized carbons (Fsp3) is 0.692. The molecule has 1 unspecified atom stereocenters. The Morgan fingerprint density at radius 3 is 2.18 bits per heavy atom. The Labute approximate surface area is 304 Å². The number of aryl methyl sites for hydroxylation is 1. The number of carbonyl (C=O) groups is 2. The highest BCUT2D eigenvalue weighted by atomic mass is 32.2. The van der Waals surface area contributed by atoms with Gasteiger partial charge in [-0.05, 0) is 25.8 Å². The molecule has 0 radical (unpaired) electrons. The summed E-state index contributed by atoms with van der Waals surface area (Å²) in [6, 6.07) is 7.25. The summed E-state index contributed by atoms with van der Waals surface area (Å²) < 4.78 is 13.2. The number of nitrogens with two attached hydrogens (primary N) is 2. The molecule has 1 atom stereocenters. The summed E-state index contributed by atoms with van der Waals surface area (Å²) in [6.07, 6.45) is 20.7. The van der Waals surface area contributed by atoms with Crippen LogP contribution in [0.4, 0.5) is 5.82 Å². The van der Waals surface area contributed by atoms with Crippen molar-refractivity contribution in [2.45, 2.75) is 142 Å². The van der Waals surface area contributed by atoms with Gasteiger partial charge in [0.05, 0.1) is 17.1 Å². The van der Waals surface area contributed by atoms with E-state index in [1.54, 1.807) is 0 Å². The van der Waals surface area contributed by atoms with Gasteiger partial charge >= 0.3 is 5.97 Å². The van der Waals surface area contributed by atoms with Gasteiger partial charge < -0.3 is 30.8 Å². The van der Waals surface area contributed by atoms with Crippen LogP contribution in [0, 0.1) is 0 Å². The van der Waals surface area contributed by atoms with E-state index in [-0.39, 0.29) is 11.9 Å². The average Bonchev–Trinajstić information content (AvgIpc) is 3.49. The molecule has 11 heteroatoms. The van der Waals surface area contributed by atoms with Crippen molar-refractivity contribution in [3.8, 4) is 0 Å². The summed E-state index contributed by atoms with van der Waals surface area (Å²) in [6.45, 7) is 6.60. The number of carbonyl (C=O) groups excluding carboxylic acids is 2. The Morgan fingerprint density at radius 2 is 1.52 bits per heavy atom. The molecule has 3 rings (SSSR count). The number of hydrogen-bond acceptors (Lipinski definition) is 9. The lowest BCUT2D eigenvalue weighted by atomic mass is 10.0. The Balaban J connectivity index is 1.20.